The molecule has 0 atom stereocenters. The van der Waals surface area contributed by atoms with Crippen LogP contribution >= 0.6 is 0 Å². The molecule has 1 N–H and O–H groups in total. The molecule has 6 nitrogen and oxygen atoms in total. The van der Waals surface area contributed by atoms with Crippen LogP contribution in [0.25, 0.3) is 0 Å². The normalized spacial score (nSPS) is 10.8. The van der Waals surface area contributed by atoms with Crippen LogP contribution in [0.1, 0.15) is 17.3 Å². The van der Waals surface area contributed by atoms with E-state index in [0.717, 1.165) is 12.1 Å². The summed E-state index contributed by atoms with van der Waals surface area (Å²) in [5.41, 5.74) is 0.563. The number of hydrogen-bond donors (Lipinski definition) is 1. The molecule has 0 bridgehead atoms. The van der Waals surface area contributed by atoms with Crippen LogP contribution in [0, 0.1) is 0 Å². The van der Waals surface area contributed by atoms with E-state index in [2.05, 4.69) is 10.1 Å². The Morgan fingerprint density at radius 2 is 1.74 bits per heavy atom. The minimum atomic E-state index is -4.78. The predicted molar refractivity (Wildman–Crippen MR) is 89.6 cm³/mol. The van der Waals surface area contributed by atoms with Gasteiger partial charge in [-0.05, 0) is 49.4 Å². The molecular formula is C18H16F3NO5. The fourth-order valence-corrected chi connectivity index (χ4v) is 2.01. The summed E-state index contributed by atoms with van der Waals surface area (Å²) < 4.78 is 50.2. The molecule has 2 rings (SSSR count). The molecule has 0 saturated heterocycles. The Kier molecular flexibility index (Phi) is 6.64. The number of rotatable bonds is 7. The number of hydrogen-bond acceptors (Lipinski definition) is 5. The van der Waals surface area contributed by atoms with Gasteiger partial charge in [-0.25, -0.2) is 4.79 Å². The van der Waals surface area contributed by atoms with Crippen molar-refractivity contribution in [2.24, 2.45) is 0 Å². The van der Waals surface area contributed by atoms with Crippen LogP contribution in [0.5, 0.6) is 11.5 Å². The molecule has 0 spiro atoms. The maximum Gasteiger partial charge on any atom is 0.573 e. The van der Waals surface area contributed by atoms with Gasteiger partial charge in [-0.1, -0.05) is 6.07 Å². The van der Waals surface area contributed by atoms with Gasteiger partial charge >= 0.3 is 12.3 Å². The Labute approximate surface area is 152 Å². The largest absolute Gasteiger partial charge is 0.573 e. The fourth-order valence-electron chi connectivity index (χ4n) is 2.01. The summed E-state index contributed by atoms with van der Waals surface area (Å²) in [6.07, 6.45) is -4.78. The second-order valence-electron chi connectivity index (χ2n) is 5.16. The zero-order valence-corrected chi connectivity index (χ0v) is 14.2. The lowest BCUT2D eigenvalue weighted by Gasteiger charge is -2.10. The van der Waals surface area contributed by atoms with Crippen LogP contribution in [0.4, 0.5) is 18.9 Å². The quantitative estimate of drug-likeness (QED) is 0.737. The second-order valence-corrected chi connectivity index (χ2v) is 5.16. The van der Waals surface area contributed by atoms with Crippen LogP contribution in [-0.2, 0) is 9.53 Å². The molecule has 0 aliphatic rings. The highest BCUT2D eigenvalue weighted by molar-refractivity contribution is 5.92. The van der Waals surface area contributed by atoms with Crippen LogP contribution < -0.4 is 14.8 Å². The van der Waals surface area contributed by atoms with E-state index in [1.165, 1.54) is 18.2 Å². The van der Waals surface area contributed by atoms with Crippen LogP contribution in [0.3, 0.4) is 0 Å². The van der Waals surface area contributed by atoms with Crippen molar-refractivity contribution in [1.29, 1.82) is 0 Å². The Morgan fingerprint density at radius 3 is 2.37 bits per heavy atom. The topological polar surface area (TPSA) is 73.9 Å². The molecule has 27 heavy (non-hydrogen) atoms. The first kappa shape index (κ1) is 20.1. The molecule has 0 aliphatic carbocycles. The summed E-state index contributed by atoms with van der Waals surface area (Å²) in [5, 5.41) is 2.47. The first-order chi connectivity index (χ1) is 12.8. The minimum Gasteiger partial charge on any atom is -0.484 e. The Bertz CT molecular complexity index is 790. The first-order valence-corrected chi connectivity index (χ1v) is 7.82. The molecule has 1 amide bonds. The number of ether oxygens (including phenoxy) is 3. The maximum absolute atomic E-state index is 12.1. The highest BCUT2D eigenvalue weighted by atomic mass is 19.4. The summed E-state index contributed by atoms with van der Waals surface area (Å²) in [6, 6.07) is 10.8. The molecule has 0 unspecified atom stereocenters. The summed E-state index contributed by atoms with van der Waals surface area (Å²) in [6.45, 7) is 1.57. The van der Waals surface area contributed by atoms with Crippen molar-refractivity contribution in [3.05, 3.63) is 54.1 Å². The third kappa shape index (κ3) is 6.89. The molecule has 0 radical (unpaired) electrons. The molecular weight excluding hydrogens is 367 g/mol. The van der Waals surface area contributed by atoms with Gasteiger partial charge < -0.3 is 19.5 Å². The Morgan fingerprint density at radius 1 is 1.04 bits per heavy atom. The lowest BCUT2D eigenvalue weighted by molar-refractivity contribution is -0.274. The lowest BCUT2D eigenvalue weighted by atomic mass is 10.2. The summed E-state index contributed by atoms with van der Waals surface area (Å²) in [4.78, 5) is 23.5. The predicted octanol–water partition coefficient (Wildman–Crippen LogP) is 3.78. The zero-order valence-electron chi connectivity index (χ0n) is 14.2. The zero-order chi connectivity index (χ0) is 19.9. The molecule has 2 aromatic rings. The summed E-state index contributed by atoms with van der Waals surface area (Å²) in [5.74, 6) is -1.13. The van der Waals surface area contributed by atoms with Crippen molar-refractivity contribution in [2.75, 3.05) is 18.5 Å². The van der Waals surface area contributed by atoms with Gasteiger partial charge in [0.25, 0.3) is 5.91 Å². The average Bonchev–Trinajstić information content (AvgIpc) is 2.61. The van der Waals surface area contributed by atoms with Crippen molar-refractivity contribution >= 4 is 17.6 Å². The smallest absolute Gasteiger partial charge is 0.484 e. The average molecular weight is 383 g/mol. The summed E-state index contributed by atoms with van der Waals surface area (Å²) >= 11 is 0. The van der Waals surface area contributed by atoms with Crippen molar-refractivity contribution < 1.29 is 37.0 Å². The summed E-state index contributed by atoms with van der Waals surface area (Å²) in [7, 11) is 0. The molecule has 0 heterocycles. The van der Waals surface area contributed by atoms with E-state index in [4.69, 9.17) is 9.47 Å². The number of halogens is 3. The Balaban J connectivity index is 1.87. The SMILES string of the molecule is CCOC(=O)c1cccc(OCC(=O)Nc2ccc(OC(F)(F)F)cc2)c1. The minimum absolute atomic E-state index is 0.235. The number of anilines is 1. The highest BCUT2D eigenvalue weighted by Gasteiger charge is 2.30. The van der Waals surface area contributed by atoms with Crippen molar-refractivity contribution in [3.8, 4) is 11.5 Å². The van der Waals surface area contributed by atoms with Crippen molar-refractivity contribution in [2.45, 2.75) is 13.3 Å². The number of esters is 1. The van der Waals surface area contributed by atoms with Crippen molar-refractivity contribution in [3.63, 3.8) is 0 Å². The molecule has 0 aromatic heterocycles. The molecule has 0 fully saturated rings. The third-order valence-corrected chi connectivity index (χ3v) is 3.09. The molecule has 9 heteroatoms. The van der Waals surface area contributed by atoms with Gasteiger partial charge in [0.05, 0.1) is 12.2 Å². The standard InChI is InChI=1S/C18H16F3NO5/c1-2-25-17(24)12-4-3-5-15(10-12)26-11-16(23)22-13-6-8-14(9-7-13)27-18(19,20)21/h3-10H,2,11H2,1H3,(H,22,23). The number of alkyl halides is 3. The molecule has 0 saturated carbocycles. The van der Waals surface area contributed by atoms with E-state index in [1.807, 2.05) is 0 Å². The third-order valence-electron chi connectivity index (χ3n) is 3.09. The number of carbonyl (C=O) groups is 2. The fraction of sp³-hybridized carbons (Fsp3) is 0.222. The van der Waals surface area contributed by atoms with Crippen molar-refractivity contribution in [1.82, 2.24) is 0 Å². The van der Waals surface area contributed by atoms with E-state index in [9.17, 15) is 22.8 Å². The number of carbonyl (C=O) groups excluding carboxylic acids is 2. The van der Waals surface area contributed by atoms with Crippen LogP contribution in [0.15, 0.2) is 48.5 Å². The molecule has 0 aliphatic heterocycles. The number of amides is 1. The second kappa shape index (κ2) is 8.93. The van der Waals surface area contributed by atoms with Crippen LogP contribution in [-0.4, -0.2) is 31.5 Å². The maximum atomic E-state index is 12.1. The van der Waals surface area contributed by atoms with Gasteiger partial charge in [0.15, 0.2) is 6.61 Å². The number of benzene rings is 2. The van der Waals surface area contributed by atoms with Crippen LogP contribution in [0.2, 0.25) is 0 Å². The number of nitrogens with one attached hydrogen (secondary N) is 1. The highest BCUT2D eigenvalue weighted by Crippen LogP contribution is 2.24. The van der Waals surface area contributed by atoms with E-state index >= 15 is 0 Å². The van der Waals surface area contributed by atoms with E-state index in [0.29, 0.717) is 5.75 Å². The van der Waals surface area contributed by atoms with Gasteiger partial charge in [0, 0.05) is 5.69 Å². The monoisotopic (exact) mass is 383 g/mol. The van der Waals surface area contributed by atoms with Gasteiger partial charge in [0.2, 0.25) is 0 Å². The van der Waals surface area contributed by atoms with E-state index in [1.54, 1.807) is 25.1 Å². The van der Waals surface area contributed by atoms with Gasteiger partial charge in [-0.2, -0.15) is 0 Å². The van der Waals surface area contributed by atoms with E-state index < -0.39 is 24.0 Å². The Hall–Kier alpha value is -3.23. The molecule has 2 aromatic carbocycles. The first-order valence-electron chi connectivity index (χ1n) is 7.82. The van der Waals surface area contributed by atoms with Gasteiger partial charge in [0.1, 0.15) is 11.5 Å². The van der Waals surface area contributed by atoms with Gasteiger partial charge in [-0.3, -0.25) is 4.79 Å². The molecule has 144 valence electrons. The lowest BCUT2D eigenvalue weighted by Crippen LogP contribution is -2.20. The van der Waals surface area contributed by atoms with E-state index in [-0.39, 0.29) is 24.5 Å². The van der Waals surface area contributed by atoms with Gasteiger partial charge in [-0.15, -0.1) is 13.2 Å².